The van der Waals surface area contributed by atoms with E-state index in [1.807, 2.05) is 37.4 Å². The van der Waals surface area contributed by atoms with E-state index in [2.05, 4.69) is 10.1 Å². The summed E-state index contributed by atoms with van der Waals surface area (Å²) in [4.78, 5) is 5.42. The second-order valence-electron chi connectivity index (χ2n) is 4.34. The van der Waals surface area contributed by atoms with Gasteiger partial charge in [0.15, 0.2) is 4.34 Å². The Morgan fingerprint density at radius 3 is 2.80 bits per heavy atom. The molecule has 1 atom stereocenters. The third-order valence-electron chi connectivity index (χ3n) is 2.72. The van der Waals surface area contributed by atoms with Gasteiger partial charge >= 0.3 is 0 Å². The molecule has 20 heavy (non-hydrogen) atoms. The number of nitrogens with zero attached hydrogens (tertiary/aromatic N) is 3. The van der Waals surface area contributed by atoms with Crippen LogP contribution in [-0.4, -0.2) is 31.6 Å². The molecule has 0 fully saturated rings. The maximum atomic E-state index is 9.06. The predicted octanol–water partition coefficient (Wildman–Crippen LogP) is 3.58. The number of imidazole rings is 1. The molecule has 1 unspecified atom stereocenters. The van der Waals surface area contributed by atoms with Crippen molar-refractivity contribution in [1.82, 2.24) is 14.6 Å². The van der Waals surface area contributed by atoms with Gasteiger partial charge in [-0.05, 0) is 12.1 Å². The van der Waals surface area contributed by atoms with Crippen molar-refractivity contribution >= 4 is 39.7 Å². The Hall–Kier alpha value is -1.08. The van der Waals surface area contributed by atoms with Crippen LogP contribution in [0.4, 0.5) is 0 Å². The zero-order valence-corrected chi connectivity index (χ0v) is 13.0. The number of benzene rings is 1. The second-order valence-corrected chi connectivity index (χ2v) is 7.42. The SMILES string of the molecule is CC(CO)Sc1nn2cc(-c3ccc(Cl)cc3)nc2s1. The normalized spacial score (nSPS) is 12.9. The Kier molecular flexibility index (Phi) is 3.98. The fourth-order valence-electron chi connectivity index (χ4n) is 1.70. The van der Waals surface area contributed by atoms with Crippen molar-refractivity contribution in [2.45, 2.75) is 16.5 Å². The standard InChI is InChI=1S/C13H12ClN3OS2/c1-8(7-18)19-13-16-17-6-11(15-12(17)20-13)9-2-4-10(14)5-3-9/h2-6,8,18H,7H2,1H3. The molecular weight excluding hydrogens is 314 g/mol. The number of aromatic nitrogens is 3. The summed E-state index contributed by atoms with van der Waals surface area (Å²) >= 11 is 8.96. The van der Waals surface area contributed by atoms with Gasteiger partial charge in [-0.1, -0.05) is 53.8 Å². The van der Waals surface area contributed by atoms with Crippen molar-refractivity contribution < 1.29 is 5.11 Å². The fourth-order valence-corrected chi connectivity index (χ4v) is 3.90. The summed E-state index contributed by atoms with van der Waals surface area (Å²) in [5.41, 5.74) is 1.90. The number of halogens is 1. The summed E-state index contributed by atoms with van der Waals surface area (Å²) in [6, 6.07) is 7.58. The molecule has 0 bridgehead atoms. The van der Waals surface area contributed by atoms with E-state index in [0.717, 1.165) is 20.6 Å². The Bertz CT molecular complexity index is 691. The molecule has 1 aromatic carbocycles. The molecule has 0 radical (unpaired) electrons. The third-order valence-corrected chi connectivity index (χ3v) is 5.07. The van der Waals surface area contributed by atoms with Gasteiger partial charge in [0, 0.05) is 15.8 Å². The molecule has 3 aromatic rings. The van der Waals surface area contributed by atoms with Gasteiger partial charge in [0.25, 0.3) is 0 Å². The molecule has 0 aliphatic carbocycles. The van der Waals surface area contributed by atoms with E-state index in [0.29, 0.717) is 5.02 Å². The summed E-state index contributed by atoms with van der Waals surface area (Å²) in [6.45, 7) is 2.11. The van der Waals surface area contributed by atoms with Crippen molar-refractivity contribution in [2.75, 3.05) is 6.61 Å². The van der Waals surface area contributed by atoms with Crippen molar-refractivity contribution in [2.24, 2.45) is 0 Å². The number of rotatable bonds is 4. The van der Waals surface area contributed by atoms with Crippen LogP contribution in [0.3, 0.4) is 0 Å². The molecule has 0 saturated heterocycles. The summed E-state index contributed by atoms with van der Waals surface area (Å²) < 4.78 is 2.69. The second kappa shape index (κ2) is 5.73. The molecule has 1 N–H and O–H groups in total. The van der Waals surface area contributed by atoms with Crippen molar-refractivity contribution in [1.29, 1.82) is 0 Å². The summed E-state index contributed by atoms with van der Waals surface area (Å²) in [5.74, 6) is 0. The molecule has 4 nitrogen and oxygen atoms in total. The van der Waals surface area contributed by atoms with Crippen LogP contribution < -0.4 is 0 Å². The summed E-state index contributed by atoms with van der Waals surface area (Å²) in [6.07, 6.45) is 1.91. The topological polar surface area (TPSA) is 50.4 Å². The lowest BCUT2D eigenvalue weighted by atomic mass is 10.2. The number of aliphatic hydroxyl groups excluding tert-OH is 1. The van der Waals surface area contributed by atoms with Crippen LogP contribution in [0.25, 0.3) is 16.2 Å². The van der Waals surface area contributed by atoms with Gasteiger partial charge in [-0.2, -0.15) is 0 Å². The van der Waals surface area contributed by atoms with Crippen molar-refractivity contribution in [3.63, 3.8) is 0 Å². The van der Waals surface area contributed by atoms with E-state index in [4.69, 9.17) is 16.7 Å². The molecule has 2 aromatic heterocycles. The zero-order valence-electron chi connectivity index (χ0n) is 10.7. The highest BCUT2D eigenvalue weighted by molar-refractivity contribution is 8.01. The van der Waals surface area contributed by atoms with E-state index in [-0.39, 0.29) is 11.9 Å². The third kappa shape index (κ3) is 2.83. The van der Waals surface area contributed by atoms with Gasteiger partial charge in [-0.3, -0.25) is 0 Å². The average Bonchev–Trinajstić information content (AvgIpc) is 2.97. The van der Waals surface area contributed by atoms with E-state index in [1.54, 1.807) is 16.3 Å². The van der Waals surface area contributed by atoms with Crippen molar-refractivity contribution in [3.05, 3.63) is 35.5 Å². The first kappa shape index (κ1) is 13.9. The quantitative estimate of drug-likeness (QED) is 0.745. The van der Waals surface area contributed by atoms with Gasteiger partial charge in [0.05, 0.1) is 18.5 Å². The van der Waals surface area contributed by atoms with Crippen LogP contribution in [-0.2, 0) is 0 Å². The van der Waals surface area contributed by atoms with E-state index >= 15 is 0 Å². The fraction of sp³-hybridized carbons (Fsp3) is 0.231. The average molecular weight is 326 g/mol. The monoisotopic (exact) mass is 325 g/mol. The lowest BCUT2D eigenvalue weighted by molar-refractivity contribution is 0.300. The molecule has 0 aliphatic rings. The Morgan fingerprint density at radius 2 is 2.15 bits per heavy atom. The molecule has 3 rings (SSSR count). The van der Waals surface area contributed by atoms with Crippen LogP contribution in [0.1, 0.15) is 6.92 Å². The first-order valence-electron chi connectivity index (χ1n) is 6.05. The van der Waals surface area contributed by atoms with E-state index in [1.165, 1.54) is 11.3 Å². The maximum Gasteiger partial charge on any atom is 0.213 e. The van der Waals surface area contributed by atoms with Gasteiger partial charge in [0.2, 0.25) is 4.96 Å². The minimum atomic E-state index is 0.140. The highest BCUT2D eigenvalue weighted by Gasteiger charge is 2.12. The molecule has 2 heterocycles. The lowest BCUT2D eigenvalue weighted by Gasteiger charge is -2.01. The summed E-state index contributed by atoms with van der Waals surface area (Å²) in [7, 11) is 0. The largest absolute Gasteiger partial charge is 0.395 e. The molecule has 7 heteroatoms. The highest BCUT2D eigenvalue weighted by Crippen LogP contribution is 2.30. The number of hydrogen-bond donors (Lipinski definition) is 1. The van der Waals surface area contributed by atoms with Crippen molar-refractivity contribution in [3.8, 4) is 11.3 Å². The number of aliphatic hydroxyl groups is 1. The Morgan fingerprint density at radius 1 is 1.40 bits per heavy atom. The Labute approximate surface area is 129 Å². The smallest absolute Gasteiger partial charge is 0.213 e. The molecular formula is C13H12ClN3OS2. The zero-order chi connectivity index (χ0) is 14.1. The van der Waals surface area contributed by atoms with E-state index < -0.39 is 0 Å². The van der Waals surface area contributed by atoms with Gasteiger partial charge < -0.3 is 5.11 Å². The van der Waals surface area contributed by atoms with Crippen LogP contribution in [0.15, 0.2) is 34.8 Å². The Balaban J connectivity index is 1.88. The van der Waals surface area contributed by atoms with Crippen LogP contribution in [0, 0.1) is 0 Å². The first-order chi connectivity index (χ1) is 9.65. The number of fused-ring (bicyclic) bond motifs is 1. The molecule has 0 spiro atoms. The molecule has 0 aliphatic heterocycles. The van der Waals surface area contributed by atoms with Gasteiger partial charge in [0.1, 0.15) is 0 Å². The molecule has 0 saturated carbocycles. The van der Waals surface area contributed by atoms with Crippen LogP contribution in [0.5, 0.6) is 0 Å². The molecule has 104 valence electrons. The first-order valence-corrected chi connectivity index (χ1v) is 8.13. The van der Waals surface area contributed by atoms with Gasteiger partial charge in [-0.25, -0.2) is 9.50 Å². The number of hydrogen-bond acceptors (Lipinski definition) is 5. The minimum Gasteiger partial charge on any atom is -0.395 e. The highest BCUT2D eigenvalue weighted by atomic mass is 35.5. The van der Waals surface area contributed by atoms with Crippen LogP contribution in [0.2, 0.25) is 5.02 Å². The van der Waals surface area contributed by atoms with Crippen LogP contribution >= 0.6 is 34.7 Å². The van der Waals surface area contributed by atoms with Gasteiger partial charge in [-0.15, -0.1) is 5.10 Å². The summed E-state index contributed by atoms with van der Waals surface area (Å²) in [5, 5.41) is 14.4. The lowest BCUT2D eigenvalue weighted by Crippen LogP contribution is -2.01. The molecule has 0 amide bonds. The predicted molar refractivity (Wildman–Crippen MR) is 83.7 cm³/mol. The minimum absolute atomic E-state index is 0.140. The maximum absolute atomic E-state index is 9.06. The number of thioether (sulfide) groups is 1. The van der Waals surface area contributed by atoms with E-state index in [9.17, 15) is 0 Å².